The zero-order valence-corrected chi connectivity index (χ0v) is 12.5. The number of fused-ring (bicyclic) bond motifs is 2. The molecule has 3 unspecified atom stereocenters. The summed E-state index contributed by atoms with van der Waals surface area (Å²) in [6, 6.07) is 5.21. The van der Waals surface area contributed by atoms with Gasteiger partial charge < -0.3 is 9.63 Å². The molecule has 104 valence electrons. The highest BCUT2D eigenvalue weighted by atomic mass is 79.9. The van der Waals surface area contributed by atoms with Crippen molar-refractivity contribution in [2.24, 2.45) is 11.8 Å². The number of phenolic OH excluding ortho intramolecular Hbond substituents is 1. The van der Waals surface area contributed by atoms with E-state index in [-0.39, 0.29) is 5.75 Å². The number of halogens is 1. The molecule has 1 heterocycles. The lowest BCUT2D eigenvalue weighted by atomic mass is 9.88. The Morgan fingerprint density at radius 3 is 2.90 bits per heavy atom. The molecule has 2 saturated carbocycles. The quantitative estimate of drug-likeness (QED) is 0.897. The minimum atomic E-state index is 0.163. The van der Waals surface area contributed by atoms with Crippen LogP contribution in [0.1, 0.15) is 37.4 Å². The molecule has 1 aromatic carbocycles. The molecule has 4 rings (SSSR count). The SMILES string of the molecule is Oc1ccc(Br)cc1-c1nc(C2CC3CCC2C3)no1. The van der Waals surface area contributed by atoms with Gasteiger partial charge in [0.2, 0.25) is 0 Å². The summed E-state index contributed by atoms with van der Waals surface area (Å²) >= 11 is 3.39. The number of benzene rings is 1. The lowest BCUT2D eigenvalue weighted by Gasteiger charge is -2.17. The predicted octanol–water partition coefficient (Wildman–Crippen LogP) is 4.11. The van der Waals surface area contributed by atoms with Crippen LogP contribution in [0, 0.1) is 11.8 Å². The van der Waals surface area contributed by atoms with Crippen LogP contribution in [0.25, 0.3) is 11.5 Å². The molecule has 4 nitrogen and oxygen atoms in total. The summed E-state index contributed by atoms with van der Waals surface area (Å²) in [5.74, 6) is 3.40. The molecule has 20 heavy (non-hydrogen) atoms. The van der Waals surface area contributed by atoms with Crippen molar-refractivity contribution >= 4 is 15.9 Å². The number of nitrogens with zero attached hydrogens (tertiary/aromatic N) is 2. The van der Waals surface area contributed by atoms with Gasteiger partial charge in [0.05, 0.1) is 5.56 Å². The topological polar surface area (TPSA) is 59.2 Å². The molecule has 0 amide bonds. The molecule has 0 spiro atoms. The minimum Gasteiger partial charge on any atom is -0.507 e. The van der Waals surface area contributed by atoms with Gasteiger partial charge in [0.1, 0.15) is 5.75 Å². The van der Waals surface area contributed by atoms with Gasteiger partial charge in [0.25, 0.3) is 5.89 Å². The van der Waals surface area contributed by atoms with Crippen LogP contribution in [0.4, 0.5) is 0 Å². The van der Waals surface area contributed by atoms with Crippen LogP contribution < -0.4 is 0 Å². The van der Waals surface area contributed by atoms with E-state index in [0.717, 1.165) is 22.1 Å². The number of hydrogen-bond donors (Lipinski definition) is 1. The Hall–Kier alpha value is -1.36. The van der Waals surface area contributed by atoms with E-state index in [1.165, 1.54) is 25.7 Å². The molecule has 0 radical (unpaired) electrons. The first-order chi connectivity index (χ1) is 9.70. The van der Waals surface area contributed by atoms with Gasteiger partial charge in [0, 0.05) is 10.4 Å². The fourth-order valence-electron chi connectivity index (χ4n) is 3.74. The maximum atomic E-state index is 9.92. The molecule has 2 fully saturated rings. The maximum absolute atomic E-state index is 9.92. The lowest BCUT2D eigenvalue weighted by molar-refractivity contribution is 0.371. The summed E-state index contributed by atoms with van der Waals surface area (Å²) in [4.78, 5) is 4.52. The zero-order chi connectivity index (χ0) is 13.7. The van der Waals surface area contributed by atoms with Crippen molar-refractivity contribution in [1.82, 2.24) is 10.1 Å². The van der Waals surface area contributed by atoms with E-state index >= 15 is 0 Å². The largest absolute Gasteiger partial charge is 0.507 e. The highest BCUT2D eigenvalue weighted by Gasteiger charge is 2.42. The molecule has 1 aromatic heterocycles. The van der Waals surface area contributed by atoms with Crippen molar-refractivity contribution in [3.63, 3.8) is 0 Å². The second-order valence-corrected chi connectivity index (χ2v) is 6.82. The van der Waals surface area contributed by atoms with Crippen LogP contribution in [0.3, 0.4) is 0 Å². The highest BCUT2D eigenvalue weighted by Crippen LogP contribution is 2.52. The van der Waals surface area contributed by atoms with E-state index in [1.807, 2.05) is 0 Å². The van der Waals surface area contributed by atoms with Crippen LogP contribution in [0.5, 0.6) is 5.75 Å². The number of aromatic nitrogens is 2. The Labute approximate surface area is 125 Å². The number of phenols is 1. The smallest absolute Gasteiger partial charge is 0.261 e. The summed E-state index contributed by atoms with van der Waals surface area (Å²) in [7, 11) is 0. The first kappa shape index (κ1) is 12.4. The van der Waals surface area contributed by atoms with Crippen LogP contribution in [-0.2, 0) is 0 Å². The second kappa shape index (κ2) is 4.58. The Kier molecular flexibility index (Phi) is 2.84. The van der Waals surface area contributed by atoms with Crippen molar-refractivity contribution in [1.29, 1.82) is 0 Å². The third kappa shape index (κ3) is 1.95. The molecule has 0 aliphatic heterocycles. The Balaban J connectivity index is 1.66. The molecular weight excluding hydrogens is 320 g/mol. The zero-order valence-electron chi connectivity index (χ0n) is 10.9. The van der Waals surface area contributed by atoms with Gasteiger partial charge in [-0.05, 0) is 49.3 Å². The van der Waals surface area contributed by atoms with E-state index in [0.29, 0.717) is 17.4 Å². The van der Waals surface area contributed by atoms with Gasteiger partial charge in [-0.1, -0.05) is 27.5 Å². The molecule has 2 aromatic rings. The summed E-state index contributed by atoms with van der Waals surface area (Å²) in [5, 5.41) is 14.1. The van der Waals surface area contributed by atoms with Crippen LogP contribution in [0.15, 0.2) is 27.2 Å². The fourth-order valence-corrected chi connectivity index (χ4v) is 4.10. The Morgan fingerprint density at radius 1 is 1.25 bits per heavy atom. The maximum Gasteiger partial charge on any atom is 0.261 e. The Bertz CT molecular complexity index is 655. The van der Waals surface area contributed by atoms with Gasteiger partial charge in [-0.3, -0.25) is 0 Å². The van der Waals surface area contributed by atoms with Crippen LogP contribution in [0.2, 0.25) is 0 Å². The Morgan fingerprint density at radius 2 is 2.15 bits per heavy atom. The second-order valence-electron chi connectivity index (χ2n) is 5.90. The van der Waals surface area contributed by atoms with Crippen molar-refractivity contribution < 1.29 is 9.63 Å². The van der Waals surface area contributed by atoms with E-state index in [9.17, 15) is 5.11 Å². The van der Waals surface area contributed by atoms with E-state index < -0.39 is 0 Å². The first-order valence-electron chi connectivity index (χ1n) is 7.03. The third-order valence-corrected chi connectivity index (χ3v) is 5.19. The van der Waals surface area contributed by atoms with Gasteiger partial charge in [-0.15, -0.1) is 0 Å². The van der Waals surface area contributed by atoms with Crippen molar-refractivity contribution in [2.75, 3.05) is 0 Å². The average Bonchev–Trinajstić information content (AvgIpc) is 3.15. The fraction of sp³-hybridized carbons (Fsp3) is 0.467. The lowest BCUT2D eigenvalue weighted by Crippen LogP contribution is -2.09. The number of hydrogen-bond acceptors (Lipinski definition) is 4. The van der Waals surface area contributed by atoms with Gasteiger partial charge in [-0.2, -0.15) is 4.98 Å². The molecule has 0 saturated heterocycles. The molecule has 5 heteroatoms. The van der Waals surface area contributed by atoms with Crippen LogP contribution in [-0.4, -0.2) is 15.2 Å². The van der Waals surface area contributed by atoms with Crippen molar-refractivity contribution in [2.45, 2.75) is 31.6 Å². The van der Waals surface area contributed by atoms with Gasteiger partial charge in [-0.25, -0.2) is 0 Å². The monoisotopic (exact) mass is 334 g/mol. The summed E-state index contributed by atoms with van der Waals surface area (Å²) in [5.41, 5.74) is 0.585. The third-order valence-electron chi connectivity index (χ3n) is 4.70. The van der Waals surface area contributed by atoms with Crippen molar-refractivity contribution in [3.8, 4) is 17.2 Å². The molecule has 2 aliphatic carbocycles. The van der Waals surface area contributed by atoms with E-state index in [4.69, 9.17) is 4.52 Å². The molecule has 2 bridgehead atoms. The number of rotatable bonds is 2. The predicted molar refractivity (Wildman–Crippen MR) is 77.3 cm³/mol. The molecule has 2 aliphatic rings. The average molecular weight is 335 g/mol. The summed E-state index contributed by atoms with van der Waals surface area (Å²) in [6.07, 6.45) is 5.16. The first-order valence-corrected chi connectivity index (χ1v) is 7.82. The molecule has 1 N–H and O–H groups in total. The van der Waals surface area contributed by atoms with Gasteiger partial charge in [0.15, 0.2) is 5.82 Å². The van der Waals surface area contributed by atoms with E-state index in [1.54, 1.807) is 18.2 Å². The van der Waals surface area contributed by atoms with Gasteiger partial charge >= 0.3 is 0 Å². The van der Waals surface area contributed by atoms with E-state index in [2.05, 4.69) is 26.1 Å². The number of aromatic hydroxyl groups is 1. The minimum absolute atomic E-state index is 0.163. The normalized spacial score (nSPS) is 28.1. The standard InChI is InChI=1S/C15H15BrN2O2/c16-10-3-4-13(19)12(7-10)15-17-14(18-20-15)11-6-8-1-2-9(11)5-8/h3-4,7-9,11,19H,1-2,5-6H2. The highest BCUT2D eigenvalue weighted by molar-refractivity contribution is 9.10. The molecular formula is C15H15BrN2O2. The van der Waals surface area contributed by atoms with Crippen molar-refractivity contribution in [3.05, 3.63) is 28.5 Å². The molecule has 3 atom stereocenters. The summed E-state index contributed by atoms with van der Waals surface area (Å²) in [6.45, 7) is 0. The summed E-state index contributed by atoms with van der Waals surface area (Å²) < 4.78 is 6.24. The van der Waals surface area contributed by atoms with Crippen LogP contribution >= 0.6 is 15.9 Å².